The monoisotopic (exact) mass is 281 g/mol. The zero-order valence-corrected chi connectivity index (χ0v) is 13.2. The Morgan fingerprint density at radius 3 is 2.50 bits per heavy atom. The molecule has 116 valence electrons. The summed E-state index contributed by atoms with van der Waals surface area (Å²) in [5.41, 5.74) is 0. The molecule has 0 heterocycles. The Kier molecular flexibility index (Phi) is 6.14. The number of rotatable bonds is 7. The van der Waals surface area contributed by atoms with Gasteiger partial charge in [-0.1, -0.05) is 32.1 Å². The summed E-state index contributed by atoms with van der Waals surface area (Å²) in [5, 5.41) is 5.99. The molecule has 0 saturated heterocycles. The first-order chi connectivity index (χ1) is 9.66. The molecule has 4 nitrogen and oxygen atoms in total. The number of hydrogen-bond acceptors (Lipinski definition) is 2. The van der Waals surface area contributed by atoms with Crippen LogP contribution in [0, 0.1) is 5.92 Å². The molecule has 0 aromatic carbocycles. The highest BCUT2D eigenvalue weighted by molar-refractivity contribution is 5.73. The number of nitrogens with zero attached hydrogens (tertiary/aromatic N) is 1. The largest absolute Gasteiger partial charge is 0.338 e. The molecule has 0 aromatic heterocycles. The summed E-state index contributed by atoms with van der Waals surface area (Å²) in [6.45, 7) is 3.74. The van der Waals surface area contributed by atoms with Gasteiger partial charge in [0.2, 0.25) is 0 Å². The van der Waals surface area contributed by atoms with Crippen LogP contribution < -0.4 is 10.6 Å². The molecule has 2 N–H and O–H groups in total. The lowest BCUT2D eigenvalue weighted by molar-refractivity contribution is 0.221. The first-order valence-corrected chi connectivity index (χ1v) is 8.40. The normalized spacial score (nSPS) is 21.8. The van der Waals surface area contributed by atoms with Gasteiger partial charge < -0.3 is 10.6 Å². The van der Waals surface area contributed by atoms with E-state index in [4.69, 9.17) is 0 Å². The Labute approximate surface area is 123 Å². The van der Waals surface area contributed by atoms with Crippen LogP contribution in [0.3, 0.4) is 0 Å². The molecule has 1 unspecified atom stereocenters. The van der Waals surface area contributed by atoms with Gasteiger partial charge in [0, 0.05) is 25.2 Å². The van der Waals surface area contributed by atoms with Crippen molar-refractivity contribution < 1.29 is 4.79 Å². The molecule has 1 atom stereocenters. The Bertz CT molecular complexity index is 298. The second kappa shape index (κ2) is 7.87. The maximum atomic E-state index is 11.8. The fraction of sp³-hybridized carbons (Fsp3) is 0.938. The molecular weight excluding hydrogens is 250 g/mol. The van der Waals surface area contributed by atoms with Gasteiger partial charge in [0.1, 0.15) is 0 Å². The third-order valence-corrected chi connectivity index (χ3v) is 4.94. The Hall–Kier alpha value is -0.770. The first kappa shape index (κ1) is 15.6. The molecule has 2 aliphatic rings. The van der Waals surface area contributed by atoms with Crippen LogP contribution in [0.2, 0.25) is 0 Å². The van der Waals surface area contributed by atoms with Crippen LogP contribution in [0.25, 0.3) is 0 Å². The predicted octanol–water partition coefficient (Wildman–Crippen LogP) is 2.74. The number of carbonyl (C=O) groups is 1. The van der Waals surface area contributed by atoms with E-state index in [1.165, 1.54) is 44.9 Å². The van der Waals surface area contributed by atoms with Gasteiger partial charge in [0.05, 0.1) is 0 Å². The topological polar surface area (TPSA) is 44.4 Å². The van der Waals surface area contributed by atoms with E-state index < -0.39 is 0 Å². The minimum Gasteiger partial charge on any atom is -0.338 e. The maximum Gasteiger partial charge on any atom is 0.314 e. The second-order valence-corrected chi connectivity index (χ2v) is 6.68. The molecule has 4 heteroatoms. The minimum atomic E-state index is -0.00291. The van der Waals surface area contributed by atoms with Crippen molar-refractivity contribution in [3.8, 4) is 0 Å². The van der Waals surface area contributed by atoms with Gasteiger partial charge in [0.15, 0.2) is 0 Å². The zero-order valence-electron chi connectivity index (χ0n) is 13.2. The average molecular weight is 281 g/mol. The van der Waals surface area contributed by atoms with E-state index in [9.17, 15) is 4.79 Å². The van der Waals surface area contributed by atoms with Gasteiger partial charge in [0.25, 0.3) is 0 Å². The fourth-order valence-electron chi connectivity index (χ4n) is 3.15. The van der Waals surface area contributed by atoms with E-state index in [-0.39, 0.29) is 6.03 Å². The molecule has 0 aliphatic heterocycles. The predicted molar refractivity (Wildman–Crippen MR) is 82.8 cm³/mol. The van der Waals surface area contributed by atoms with Crippen LogP contribution in [-0.2, 0) is 0 Å². The molecule has 20 heavy (non-hydrogen) atoms. The van der Waals surface area contributed by atoms with Crippen LogP contribution in [0.4, 0.5) is 4.79 Å². The van der Waals surface area contributed by atoms with Crippen LogP contribution in [0.1, 0.15) is 58.3 Å². The van der Waals surface area contributed by atoms with Crippen LogP contribution >= 0.6 is 0 Å². The van der Waals surface area contributed by atoms with Crippen molar-refractivity contribution in [1.29, 1.82) is 0 Å². The van der Waals surface area contributed by atoms with Crippen LogP contribution in [0.5, 0.6) is 0 Å². The van der Waals surface area contributed by atoms with E-state index in [1.807, 2.05) is 0 Å². The number of nitrogens with one attached hydrogen (secondary N) is 2. The highest BCUT2D eigenvalue weighted by Crippen LogP contribution is 2.27. The third-order valence-electron chi connectivity index (χ3n) is 4.94. The Balaban J connectivity index is 1.51. The molecule has 2 aliphatic carbocycles. The Morgan fingerprint density at radius 1 is 1.15 bits per heavy atom. The van der Waals surface area contributed by atoms with Crippen molar-refractivity contribution in [2.24, 2.45) is 5.92 Å². The SMILES string of the molecule is CC(CNC(=O)NCCC1CCCCC1)N(C)C1CC1. The zero-order chi connectivity index (χ0) is 14.4. The van der Waals surface area contributed by atoms with Crippen molar-refractivity contribution >= 4 is 6.03 Å². The summed E-state index contributed by atoms with van der Waals surface area (Å²) < 4.78 is 0. The van der Waals surface area contributed by atoms with Gasteiger partial charge in [-0.3, -0.25) is 4.90 Å². The van der Waals surface area contributed by atoms with Gasteiger partial charge in [-0.05, 0) is 39.2 Å². The van der Waals surface area contributed by atoms with E-state index in [0.717, 1.165) is 31.5 Å². The molecule has 2 rings (SSSR count). The summed E-state index contributed by atoms with van der Waals surface area (Å²) in [6, 6.07) is 1.17. The van der Waals surface area contributed by atoms with Crippen LogP contribution in [0.15, 0.2) is 0 Å². The van der Waals surface area contributed by atoms with E-state index in [1.54, 1.807) is 0 Å². The lowest BCUT2D eigenvalue weighted by Crippen LogP contribution is -2.44. The van der Waals surface area contributed by atoms with E-state index in [0.29, 0.717) is 6.04 Å². The molecule has 0 spiro atoms. The molecule has 0 aromatic rings. The number of likely N-dealkylation sites (N-methyl/N-ethyl adjacent to an activating group) is 1. The standard InChI is InChI=1S/C16H31N3O/c1-13(19(2)15-8-9-15)12-18-16(20)17-11-10-14-6-4-3-5-7-14/h13-15H,3-12H2,1-2H3,(H2,17,18,20). The van der Waals surface area contributed by atoms with Crippen molar-refractivity contribution in [3.63, 3.8) is 0 Å². The van der Waals surface area contributed by atoms with Crippen molar-refractivity contribution in [2.45, 2.75) is 70.4 Å². The number of amides is 2. The smallest absolute Gasteiger partial charge is 0.314 e. The van der Waals surface area contributed by atoms with Gasteiger partial charge >= 0.3 is 6.03 Å². The number of urea groups is 1. The van der Waals surface area contributed by atoms with E-state index >= 15 is 0 Å². The first-order valence-electron chi connectivity index (χ1n) is 8.40. The molecule has 2 fully saturated rings. The molecule has 0 radical (unpaired) electrons. The fourth-order valence-corrected chi connectivity index (χ4v) is 3.15. The summed E-state index contributed by atoms with van der Waals surface area (Å²) in [6.07, 6.45) is 10.6. The van der Waals surface area contributed by atoms with Crippen molar-refractivity contribution in [3.05, 3.63) is 0 Å². The number of carbonyl (C=O) groups excluding carboxylic acids is 1. The molecular formula is C16H31N3O. The highest BCUT2D eigenvalue weighted by Gasteiger charge is 2.29. The average Bonchev–Trinajstić information content (AvgIpc) is 3.29. The summed E-state index contributed by atoms with van der Waals surface area (Å²) in [4.78, 5) is 14.1. The van der Waals surface area contributed by atoms with Gasteiger partial charge in [-0.2, -0.15) is 0 Å². The van der Waals surface area contributed by atoms with Crippen LogP contribution in [-0.4, -0.2) is 43.2 Å². The highest BCUT2D eigenvalue weighted by atomic mass is 16.2. The Morgan fingerprint density at radius 2 is 1.85 bits per heavy atom. The van der Waals surface area contributed by atoms with E-state index in [2.05, 4.69) is 29.5 Å². The third kappa shape index (κ3) is 5.31. The maximum absolute atomic E-state index is 11.8. The lowest BCUT2D eigenvalue weighted by atomic mass is 9.87. The second-order valence-electron chi connectivity index (χ2n) is 6.68. The number of hydrogen-bond donors (Lipinski definition) is 2. The summed E-state index contributed by atoms with van der Waals surface area (Å²) >= 11 is 0. The lowest BCUT2D eigenvalue weighted by Gasteiger charge is -2.25. The van der Waals surface area contributed by atoms with Gasteiger partial charge in [-0.15, -0.1) is 0 Å². The quantitative estimate of drug-likeness (QED) is 0.753. The van der Waals surface area contributed by atoms with Crippen molar-refractivity contribution in [1.82, 2.24) is 15.5 Å². The minimum absolute atomic E-state index is 0.00291. The summed E-state index contributed by atoms with van der Waals surface area (Å²) in [5.74, 6) is 0.837. The molecule has 0 bridgehead atoms. The summed E-state index contributed by atoms with van der Waals surface area (Å²) in [7, 11) is 2.16. The van der Waals surface area contributed by atoms with Crippen molar-refractivity contribution in [2.75, 3.05) is 20.1 Å². The molecule has 2 saturated carbocycles. The van der Waals surface area contributed by atoms with Gasteiger partial charge in [-0.25, -0.2) is 4.79 Å². The molecule has 2 amide bonds.